The first-order valence-electron chi connectivity index (χ1n) is 11.8. The van der Waals surface area contributed by atoms with Crippen molar-refractivity contribution in [3.63, 3.8) is 0 Å². The fraction of sp³-hybridized carbons (Fsp3) is 0.241. The predicted molar refractivity (Wildman–Crippen MR) is 138 cm³/mol. The maximum atomic E-state index is 13.5. The van der Waals surface area contributed by atoms with Crippen molar-refractivity contribution in [3.8, 4) is 23.0 Å². The van der Waals surface area contributed by atoms with Crippen molar-refractivity contribution in [2.45, 2.75) is 19.9 Å². The molecule has 1 fully saturated rings. The summed E-state index contributed by atoms with van der Waals surface area (Å²) in [5.74, 6) is 0.572. The van der Waals surface area contributed by atoms with Gasteiger partial charge in [-0.05, 0) is 66.9 Å². The van der Waals surface area contributed by atoms with Gasteiger partial charge in [0.05, 0.1) is 25.8 Å². The number of amides is 1. The Morgan fingerprint density at radius 1 is 0.892 bits per heavy atom. The smallest absolute Gasteiger partial charge is 0.300 e. The lowest BCUT2D eigenvalue weighted by molar-refractivity contribution is -0.132. The Bertz CT molecular complexity index is 1420. The van der Waals surface area contributed by atoms with Crippen LogP contribution >= 0.6 is 0 Å². The third-order valence-electron chi connectivity index (χ3n) is 6.68. The van der Waals surface area contributed by atoms with Gasteiger partial charge in [0, 0.05) is 17.3 Å². The number of fused-ring (bicyclic) bond motifs is 1. The summed E-state index contributed by atoms with van der Waals surface area (Å²) in [6.45, 7) is 4.48. The summed E-state index contributed by atoms with van der Waals surface area (Å²) in [6.07, 6.45) is 0. The molecule has 2 aliphatic rings. The van der Waals surface area contributed by atoms with Gasteiger partial charge in [-0.25, -0.2) is 0 Å². The van der Waals surface area contributed by atoms with Crippen LogP contribution in [0.4, 0.5) is 5.69 Å². The summed E-state index contributed by atoms with van der Waals surface area (Å²) in [5, 5.41) is 11.5. The van der Waals surface area contributed by atoms with Crippen LogP contribution in [0.3, 0.4) is 0 Å². The normalized spacial score (nSPS) is 18.2. The zero-order chi connectivity index (χ0) is 26.3. The Balaban J connectivity index is 1.71. The molecule has 0 aromatic heterocycles. The molecule has 0 radical (unpaired) electrons. The van der Waals surface area contributed by atoms with E-state index in [1.54, 1.807) is 68.8 Å². The molecular weight excluding hydrogens is 474 g/mol. The highest BCUT2D eigenvalue weighted by molar-refractivity contribution is 6.51. The summed E-state index contributed by atoms with van der Waals surface area (Å²) < 4.78 is 22.0. The van der Waals surface area contributed by atoms with Crippen LogP contribution in [0.25, 0.3) is 5.76 Å². The Morgan fingerprint density at radius 3 is 2.27 bits per heavy atom. The number of anilines is 1. The van der Waals surface area contributed by atoms with E-state index in [1.807, 2.05) is 13.8 Å². The zero-order valence-electron chi connectivity index (χ0n) is 21.0. The Hall–Kier alpha value is -4.46. The minimum absolute atomic E-state index is 0.00211. The average molecular weight is 502 g/mol. The number of aryl methyl sites for hydroxylation is 2. The maximum absolute atomic E-state index is 13.5. The van der Waals surface area contributed by atoms with Gasteiger partial charge in [0.1, 0.15) is 30.5 Å². The molecule has 3 aromatic rings. The molecule has 1 amide bonds. The number of carbonyl (C=O) groups is 2. The van der Waals surface area contributed by atoms with Crippen molar-refractivity contribution in [3.05, 3.63) is 82.4 Å². The predicted octanol–water partition coefficient (Wildman–Crippen LogP) is 4.72. The molecule has 0 saturated carbocycles. The lowest BCUT2D eigenvalue weighted by atomic mass is 9.93. The van der Waals surface area contributed by atoms with E-state index in [9.17, 15) is 14.7 Å². The van der Waals surface area contributed by atoms with Crippen molar-refractivity contribution in [2.24, 2.45) is 0 Å². The molecule has 8 heteroatoms. The minimum atomic E-state index is -0.879. The van der Waals surface area contributed by atoms with E-state index in [0.717, 1.165) is 5.56 Å². The zero-order valence-corrected chi connectivity index (χ0v) is 21.0. The number of Topliss-reactive ketones (excluding diaryl/α,β-unsaturated/α-hetero) is 1. The molecule has 1 atom stereocenters. The molecule has 3 aromatic carbocycles. The summed E-state index contributed by atoms with van der Waals surface area (Å²) in [6, 6.07) is 14.8. The average Bonchev–Trinajstić information content (AvgIpc) is 3.19. The minimum Gasteiger partial charge on any atom is -0.507 e. The third kappa shape index (κ3) is 4.14. The molecule has 2 heterocycles. The van der Waals surface area contributed by atoms with Crippen LogP contribution in [0.1, 0.15) is 28.3 Å². The highest BCUT2D eigenvalue weighted by Gasteiger charge is 2.47. The van der Waals surface area contributed by atoms with E-state index >= 15 is 0 Å². The number of nitrogens with zero attached hydrogens (tertiary/aromatic N) is 1. The van der Waals surface area contributed by atoms with Crippen LogP contribution in [0, 0.1) is 13.8 Å². The molecule has 1 unspecified atom stereocenters. The molecule has 1 N–H and O–H groups in total. The Kier molecular flexibility index (Phi) is 6.25. The number of methoxy groups -OCH3 is 2. The van der Waals surface area contributed by atoms with Gasteiger partial charge in [-0.3, -0.25) is 14.5 Å². The fourth-order valence-electron chi connectivity index (χ4n) is 4.79. The van der Waals surface area contributed by atoms with Gasteiger partial charge in [0.15, 0.2) is 11.5 Å². The molecule has 1 saturated heterocycles. The van der Waals surface area contributed by atoms with Gasteiger partial charge >= 0.3 is 0 Å². The summed E-state index contributed by atoms with van der Waals surface area (Å²) in [4.78, 5) is 28.4. The first-order chi connectivity index (χ1) is 17.8. The maximum Gasteiger partial charge on any atom is 0.300 e. The number of aliphatic hydroxyl groups excluding tert-OH is 1. The molecule has 190 valence electrons. The number of aliphatic hydroxyl groups is 1. The highest BCUT2D eigenvalue weighted by Crippen LogP contribution is 2.45. The molecule has 0 aliphatic carbocycles. The van der Waals surface area contributed by atoms with Gasteiger partial charge in [-0.1, -0.05) is 12.1 Å². The second kappa shape index (κ2) is 9.54. The molecule has 0 bridgehead atoms. The SMILES string of the molecule is COc1ccc(C2/C(=C(\O)c3cc(C)c(OC)cc3C)C(=O)C(=O)N2c2ccc3c(c2)OCCO3)cc1. The molecule has 37 heavy (non-hydrogen) atoms. The number of ether oxygens (including phenoxy) is 4. The van der Waals surface area contributed by atoms with E-state index in [2.05, 4.69) is 0 Å². The molecular formula is C29H27NO7. The van der Waals surface area contributed by atoms with E-state index < -0.39 is 17.7 Å². The van der Waals surface area contributed by atoms with Gasteiger partial charge in [-0.15, -0.1) is 0 Å². The monoisotopic (exact) mass is 501 g/mol. The lowest BCUT2D eigenvalue weighted by Gasteiger charge is -2.27. The van der Waals surface area contributed by atoms with E-state index in [4.69, 9.17) is 18.9 Å². The van der Waals surface area contributed by atoms with Crippen molar-refractivity contribution in [2.75, 3.05) is 32.3 Å². The van der Waals surface area contributed by atoms with E-state index in [1.165, 1.54) is 4.90 Å². The van der Waals surface area contributed by atoms with Gasteiger partial charge in [-0.2, -0.15) is 0 Å². The largest absolute Gasteiger partial charge is 0.507 e. The number of ketones is 1. The first-order valence-corrected chi connectivity index (χ1v) is 11.8. The van der Waals surface area contributed by atoms with Crippen molar-refractivity contribution < 1.29 is 33.6 Å². The van der Waals surface area contributed by atoms with Crippen LogP contribution in [-0.2, 0) is 9.59 Å². The topological polar surface area (TPSA) is 94.5 Å². The molecule has 2 aliphatic heterocycles. The first kappa shape index (κ1) is 24.2. The number of hydrogen-bond donors (Lipinski definition) is 1. The Morgan fingerprint density at radius 2 is 1.59 bits per heavy atom. The summed E-state index contributed by atoms with van der Waals surface area (Å²) in [5.41, 5.74) is 3.04. The third-order valence-corrected chi connectivity index (χ3v) is 6.68. The van der Waals surface area contributed by atoms with Crippen LogP contribution in [0.5, 0.6) is 23.0 Å². The van der Waals surface area contributed by atoms with Gasteiger partial charge < -0.3 is 24.1 Å². The second-order valence-electron chi connectivity index (χ2n) is 8.91. The number of rotatable bonds is 5. The molecule has 0 spiro atoms. The molecule has 8 nitrogen and oxygen atoms in total. The fourth-order valence-corrected chi connectivity index (χ4v) is 4.79. The van der Waals surface area contributed by atoms with Crippen molar-refractivity contribution in [1.82, 2.24) is 0 Å². The van der Waals surface area contributed by atoms with E-state index in [0.29, 0.717) is 58.6 Å². The number of hydrogen-bond acceptors (Lipinski definition) is 7. The van der Waals surface area contributed by atoms with E-state index in [-0.39, 0.29) is 11.3 Å². The quantitative estimate of drug-likeness (QED) is 0.307. The highest BCUT2D eigenvalue weighted by atomic mass is 16.6. The van der Waals surface area contributed by atoms with Crippen LogP contribution in [0.2, 0.25) is 0 Å². The van der Waals surface area contributed by atoms with Crippen LogP contribution in [0.15, 0.2) is 60.2 Å². The van der Waals surface area contributed by atoms with Crippen molar-refractivity contribution >= 4 is 23.1 Å². The summed E-state index contributed by atoms with van der Waals surface area (Å²) in [7, 11) is 3.13. The number of carbonyl (C=O) groups excluding carboxylic acids is 2. The molecule has 5 rings (SSSR count). The summed E-state index contributed by atoms with van der Waals surface area (Å²) >= 11 is 0. The number of benzene rings is 3. The van der Waals surface area contributed by atoms with Gasteiger partial charge in [0.25, 0.3) is 11.7 Å². The second-order valence-corrected chi connectivity index (χ2v) is 8.91. The lowest BCUT2D eigenvalue weighted by Crippen LogP contribution is -2.29. The van der Waals surface area contributed by atoms with Crippen LogP contribution < -0.4 is 23.8 Å². The van der Waals surface area contributed by atoms with Crippen LogP contribution in [-0.4, -0.2) is 44.2 Å². The van der Waals surface area contributed by atoms with Crippen molar-refractivity contribution in [1.29, 1.82) is 0 Å². The Labute approximate surface area is 214 Å². The van der Waals surface area contributed by atoms with Gasteiger partial charge in [0.2, 0.25) is 0 Å². The standard InChI is InChI=1S/C29H27NO7/c1-16-14-23(35-4)17(2)13-21(16)27(31)25-26(18-5-8-20(34-3)9-6-18)30(29(33)28(25)32)19-7-10-22-24(15-19)37-12-11-36-22/h5-10,13-15,26,31H,11-12H2,1-4H3/b27-25+.